The Kier molecular flexibility index (Phi) is 4.25. The van der Waals surface area contributed by atoms with E-state index in [0.717, 1.165) is 0 Å². The summed E-state index contributed by atoms with van der Waals surface area (Å²) in [6.07, 6.45) is 0.891. The molecule has 3 N–H and O–H groups in total. The minimum atomic E-state index is -1.11. The van der Waals surface area contributed by atoms with Crippen LogP contribution in [0.2, 0.25) is 0 Å². The summed E-state index contributed by atoms with van der Waals surface area (Å²) in [5.41, 5.74) is 0.674. The van der Waals surface area contributed by atoms with Crippen LogP contribution in [0.25, 0.3) is 0 Å². The van der Waals surface area contributed by atoms with Gasteiger partial charge in [0.1, 0.15) is 12.1 Å². The lowest BCUT2D eigenvalue weighted by Gasteiger charge is -2.17. The topological polar surface area (TPSA) is 95.5 Å². The van der Waals surface area contributed by atoms with Gasteiger partial charge in [0.15, 0.2) is 0 Å². The average Bonchev–Trinajstić information content (AvgIpc) is 2.63. The summed E-state index contributed by atoms with van der Waals surface area (Å²) in [4.78, 5) is 33.5. The first kappa shape index (κ1) is 13.2. The number of carboxylic acids is 1. The molecule has 0 bridgehead atoms. The second kappa shape index (κ2) is 5.47. The van der Waals surface area contributed by atoms with Crippen molar-refractivity contribution in [1.82, 2.24) is 10.6 Å². The molecular weight excluding hydrogens is 224 g/mol. The molecular formula is C11H16N2O4. The van der Waals surface area contributed by atoms with Crippen molar-refractivity contribution >= 4 is 17.8 Å². The minimum Gasteiger partial charge on any atom is -0.480 e. The Bertz CT molecular complexity index is 364. The van der Waals surface area contributed by atoms with Crippen molar-refractivity contribution in [1.29, 1.82) is 0 Å². The molecule has 0 spiro atoms. The molecule has 1 fully saturated rings. The zero-order valence-corrected chi connectivity index (χ0v) is 9.66. The van der Waals surface area contributed by atoms with Gasteiger partial charge < -0.3 is 15.7 Å². The molecule has 1 saturated heterocycles. The van der Waals surface area contributed by atoms with Crippen molar-refractivity contribution in [2.24, 2.45) is 0 Å². The van der Waals surface area contributed by atoms with Crippen LogP contribution in [0.1, 0.15) is 26.2 Å². The summed E-state index contributed by atoms with van der Waals surface area (Å²) >= 11 is 0. The third kappa shape index (κ3) is 3.90. The maximum Gasteiger partial charge on any atom is 0.326 e. The predicted molar refractivity (Wildman–Crippen MR) is 60.2 cm³/mol. The van der Waals surface area contributed by atoms with Crippen LogP contribution in [0.5, 0.6) is 0 Å². The highest BCUT2D eigenvalue weighted by atomic mass is 16.4. The first-order valence-electron chi connectivity index (χ1n) is 5.37. The first-order valence-corrected chi connectivity index (χ1v) is 5.37. The summed E-state index contributed by atoms with van der Waals surface area (Å²) in [6.45, 7) is 5.30. The zero-order valence-electron chi connectivity index (χ0n) is 9.66. The van der Waals surface area contributed by atoms with E-state index in [1.807, 2.05) is 0 Å². The average molecular weight is 240 g/mol. The van der Waals surface area contributed by atoms with Crippen LogP contribution in [0.4, 0.5) is 0 Å². The maximum absolute atomic E-state index is 11.7. The van der Waals surface area contributed by atoms with Crippen LogP contribution >= 0.6 is 0 Å². The maximum atomic E-state index is 11.7. The van der Waals surface area contributed by atoms with Gasteiger partial charge in [-0.2, -0.15) is 0 Å². The Hall–Kier alpha value is -1.85. The summed E-state index contributed by atoms with van der Waals surface area (Å²) in [7, 11) is 0. The van der Waals surface area contributed by atoms with Crippen LogP contribution < -0.4 is 10.6 Å². The van der Waals surface area contributed by atoms with Crippen LogP contribution in [0.15, 0.2) is 12.2 Å². The summed E-state index contributed by atoms with van der Waals surface area (Å²) in [5, 5.41) is 13.8. The van der Waals surface area contributed by atoms with Gasteiger partial charge in [0.25, 0.3) is 0 Å². The number of rotatable bonds is 5. The molecule has 0 aliphatic carbocycles. The molecule has 1 rings (SSSR count). The molecule has 1 aliphatic rings. The first-order chi connectivity index (χ1) is 7.90. The number of hydrogen-bond acceptors (Lipinski definition) is 3. The van der Waals surface area contributed by atoms with E-state index in [2.05, 4.69) is 17.2 Å². The van der Waals surface area contributed by atoms with Gasteiger partial charge in [-0.25, -0.2) is 4.79 Å². The Balaban J connectivity index is 2.55. The fourth-order valence-corrected chi connectivity index (χ4v) is 1.63. The van der Waals surface area contributed by atoms with E-state index < -0.39 is 24.0 Å². The lowest BCUT2D eigenvalue weighted by molar-refractivity contribution is -0.142. The second-order valence-corrected chi connectivity index (χ2v) is 4.22. The molecule has 2 atom stereocenters. The summed E-state index contributed by atoms with van der Waals surface area (Å²) < 4.78 is 0. The Labute approximate surface area is 99.1 Å². The highest BCUT2D eigenvalue weighted by molar-refractivity contribution is 5.92. The van der Waals surface area contributed by atoms with Gasteiger partial charge in [-0.3, -0.25) is 9.59 Å². The van der Waals surface area contributed by atoms with Gasteiger partial charge in [-0.15, -0.1) is 6.58 Å². The highest BCUT2D eigenvalue weighted by Gasteiger charge is 2.30. The standard InChI is InChI=1S/C11H16N2O4/c1-6(2)5-8(11(16)17)13-10(15)7-3-4-9(14)12-7/h7-8H,1,3-5H2,2H3,(H,12,14)(H,13,15)(H,16,17)/t7-,8-/m0/s1. The predicted octanol–water partition coefficient (Wildman–Crippen LogP) is -0.199. The van der Waals surface area contributed by atoms with Crippen LogP contribution in [-0.2, 0) is 14.4 Å². The lowest BCUT2D eigenvalue weighted by atomic mass is 10.1. The molecule has 0 aromatic heterocycles. The number of amides is 2. The Morgan fingerprint density at radius 2 is 2.29 bits per heavy atom. The molecule has 6 nitrogen and oxygen atoms in total. The fourth-order valence-electron chi connectivity index (χ4n) is 1.63. The highest BCUT2D eigenvalue weighted by Crippen LogP contribution is 2.08. The second-order valence-electron chi connectivity index (χ2n) is 4.22. The van der Waals surface area contributed by atoms with Crippen molar-refractivity contribution in [3.63, 3.8) is 0 Å². The van der Waals surface area contributed by atoms with E-state index >= 15 is 0 Å². The number of nitrogens with one attached hydrogen (secondary N) is 2. The van der Waals surface area contributed by atoms with Crippen molar-refractivity contribution in [3.05, 3.63) is 12.2 Å². The van der Waals surface area contributed by atoms with E-state index in [9.17, 15) is 14.4 Å². The third-order valence-electron chi connectivity index (χ3n) is 2.48. The molecule has 1 heterocycles. The van der Waals surface area contributed by atoms with Crippen LogP contribution in [-0.4, -0.2) is 35.0 Å². The summed E-state index contributed by atoms with van der Waals surface area (Å²) in [5.74, 6) is -1.74. The van der Waals surface area contributed by atoms with E-state index in [1.165, 1.54) is 0 Å². The normalized spacial score (nSPS) is 20.5. The summed E-state index contributed by atoms with van der Waals surface area (Å²) in [6, 6.07) is -1.60. The molecule has 0 aromatic rings. The molecule has 1 aliphatic heterocycles. The number of carboxylic acid groups (broad SMARTS) is 1. The number of carbonyl (C=O) groups is 3. The Morgan fingerprint density at radius 3 is 2.71 bits per heavy atom. The van der Waals surface area contributed by atoms with Crippen molar-refractivity contribution in [2.45, 2.75) is 38.3 Å². The van der Waals surface area contributed by atoms with E-state index in [1.54, 1.807) is 6.92 Å². The minimum absolute atomic E-state index is 0.182. The molecule has 6 heteroatoms. The van der Waals surface area contributed by atoms with Gasteiger partial charge >= 0.3 is 5.97 Å². The van der Waals surface area contributed by atoms with Crippen molar-refractivity contribution in [3.8, 4) is 0 Å². The van der Waals surface area contributed by atoms with Crippen molar-refractivity contribution in [2.75, 3.05) is 0 Å². The van der Waals surface area contributed by atoms with Gasteiger partial charge in [0.2, 0.25) is 11.8 Å². The fraction of sp³-hybridized carbons (Fsp3) is 0.545. The Morgan fingerprint density at radius 1 is 1.65 bits per heavy atom. The van der Waals surface area contributed by atoms with Gasteiger partial charge in [0, 0.05) is 6.42 Å². The molecule has 94 valence electrons. The van der Waals surface area contributed by atoms with E-state index in [4.69, 9.17) is 5.11 Å². The third-order valence-corrected chi connectivity index (χ3v) is 2.48. The smallest absolute Gasteiger partial charge is 0.326 e. The lowest BCUT2D eigenvalue weighted by Crippen LogP contribution is -2.48. The van der Waals surface area contributed by atoms with Crippen LogP contribution in [0, 0.1) is 0 Å². The number of carbonyl (C=O) groups excluding carboxylic acids is 2. The number of hydrogen-bond donors (Lipinski definition) is 3. The largest absolute Gasteiger partial charge is 0.480 e. The molecule has 0 saturated carbocycles. The van der Waals surface area contributed by atoms with E-state index in [-0.39, 0.29) is 12.3 Å². The molecule has 0 radical (unpaired) electrons. The van der Waals surface area contributed by atoms with Gasteiger partial charge in [-0.1, -0.05) is 5.57 Å². The molecule has 0 unspecified atom stereocenters. The SMILES string of the molecule is C=C(C)C[C@H](NC(=O)[C@@H]1CCC(=O)N1)C(=O)O. The molecule has 17 heavy (non-hydrogen) atoms. The monoisotopic (exact) mass is 240 g/mol. The van der Waals surface area contributed by atoms with E-state index in [0.29, 0.717) is 18.4 Å². The van der Waals surface area contributed by atoms with Gasteiger partial charge in [-0.05, 0) is 19.8 Å². The molecule has 0 aromatic carbocycles. The van der Waals surface area contributed by atoms with Crippen molar-refractivity contribution < 1.29 is 19.5 Å². The van der Waals surface area contributed by atoms with Gasteiger partial charge in [0.05, 0.1) is 0 Å². The molecule has 2 amide bonds. The zero-order chi connectivity index (χ0) is 13.0. The number of aliphatic carboxylic acids is 1. The quantitative estimate of drug-likeness (QED) is 0.580. The van der Waals surface area contributed by atoms with Crippen LogP contribution in [0.3, 0.4) is 0 Å².